The van der Waals surface area contributed by atoms with Crippen molar-refractivity contribution in [3.8, 4) is 5.75 Å². The molecule has 7 nitrogen and oxygen atoms in total. The van der Waals surface area contributed by atoms with Crippen molar-refractivity contribution in [3.63, 3.8) is 0 Å². The molecule has 3 aromatic carbocycles. The number of ether oxygens (including phenoxy) is 1. The van der Waals surface area contributed by atoms with E-state index in [2.05, 4.69) is 38.4 Å². The van der Waals surface area contributed by atoms with Crippen LogP contribution in [0.4, 0.5) is 5.69 Å². The van der Waals surface area contributed by atoms with Crippen LogP contribution in [0.25, 0.3) is 10.9 Å². The summed E-state index contributed by atoms with van der Waals surface area (Å²) in [6.45, 7) is 0.523. The standard InChI is InChI=1S/C29H28BrN3O4/c30-24-13-10-20(16-28(24)33(35)36)29(34)18-31-25(19-6-2-1-3-7-19)14-15-37-21-11-12-23-22-8-4-5-9-26(22)32-27(23)17-21/h1-3,6-7,10-13,16-17,25,31-32H,4-5,8-9,14-15,18H2. The van der Waals surface area contributed by atoms with Crippen molar-refractivity contribution in [2.24, 2.45) is 0 Å². The zero-order valence-electron chi connectivity index (χ0n) is 20.3. The number of carbonyl (C=O) groups is 1. The van der Waals surface area contributed by atoms with Crippen molar-refractivity contribution < 1.29 is 14.5 Å². The van der Waals surface area contributed by atoms with E-state index >= 15 is 0 Å². The number of nitro groups is 1. The largest absolute Gasteiger partial charge is 0.493 e. The maximum absolute atomic E-state index is 12.8. The van der Waals surface area contributed by atoms with Gasteiger partial charge in [-0.25, -0.2) is 0 Å². The Morgan fingerprint density at radius 2 is 1.89 bits per heavy atom. The van der Waals surface area contributed by atoms with Gasteiger partial charge in [0.15, 0.2) is 5.78 Å². The molecule has 1 heterocycles. The first-order valence-electron chi connectivity index (χ1n) is 12.5. The van der Waals surface area contributed by atoms with Gasteiger partial charge in [0.2, 0.25) is 0 Å². The Kier molecular flexibility index (Phi) is 7.67. The van der Waals surface area contributed by atoms with E-state index in [0.717, 1.165) is 29.7 Å². The molecule has 0 aliphatic heterocycles. The first kappa shape index (κ1) is 25.2. The minimum Gasteiger partial charge on any atom is -0.493 e. The Balaban J connectivity index is 1.24. The summed E-state index contributed by atoms with van der Waals surface area (Å²) in [5, 5.41) is 15.9. The molecule has 8 heteroatoms. The van der Waals surface area contributed by atoms with Gasteiger partial charge < -0.3 is 15.0 Å². The number of aromatic nitrogens is 1. The van der Waals surface area contributed by atoms with Gasteiger partial charge in [-0.05, 0) is 77.0 Å². The van der Waals surface area contributed by atoms with Crippen molar-refractivity contribution in [1.29, 1.82) is 0 Å². The van der Waals surface area contributed by atoms with Gasteiger partial charge in [0.25, 0.3) is 5.69 Å². The molecule has 1 unspecified atom stereocenters. The molecule has 0 saturated heterocycles. The molecule has 2 N–H and O–H groups in total. The van der Waals surface area contributed by atoms with Crippen LogP contribution in [0.3, 0.4) is 0 Å². The number of nitro benzene ring substituents is 1. The molecule has 1 aliphatic carbocycles. The quantitative estimate of drug-likeness (QED) is 0.127. The van der Waals surface area contributed by atoms with Crippen LogP contribution in [0.2, 0.25) is 0 Å². The third-order valence-electron chi connectivity index (χ3n) is 6.92. The fourth-order valence-electron chi connectivity index (χ4n) is 4.99. The zero-order chi connectivity index (χ0) is 25.8. The number of halogens is 1. The number of H-pyrrole nitrogens is 1. The van der Waals surface area contributed by atoms with Crippen molar-refractivity contribution in [3.05, 3.63) is 104 Å². The van der Waals surface area contributed by atoms with Gasteiger partial charge >= 0.3 is 0 Å². The molecular weight excluding hydrogens is 534 g/mol. The molecule has 0 amide bonds. The third kappa shape index (κ3) is 5.76. The summed E-state index contributed by atoms with van der Waals surface area (Å²) in [5.41, 5.74) is 5.14. The Labute approximate surface area is 223 Å². The topological polar surface area (TPSA) is 97.3 Å². The fraction of sp³-hybridized carbons (Fsp3) is 0.276. The van der Waals surface area contributed by atoms with Crippen LogP contribution >= 0.6 is 15.9 Å². The molecule has 5 rings (SSSR count). The average molecular weight is 562 g/mol. The molecule has 1 aromatic heterocycles. The first-order valence-corrected chi connectivity index (χ1v) is 13.3. The summed E-state index contributed by atoms with van der Waals surface area (Å²) in [7, 11) is 0. The SMILES string of the molecule is O=C(CNC(CCOc1ccc2c3c([nH]c2c1)CCCC3)c1ccccc1)c1ccc(Br)c([N+](=O)[O-])c1. The number of aromatic amines is 1. The minimum absolute atomic E-state index is 0.0539. The second kappa shape index (κ2) is 11.3. The molecule has 1 aliphatic rings. The molecule has 0 fully saturated rings. The lowest BCUT2D eigenvalue weighted by Gasteiger charge is -2.19. The van der Waals surface area contributed by atoms with E-state index in [-0.39, 0.29) is 24.1 Å². The van der Waals surface area contributed by atoms with E-state index in [0.29, 0.717) is 23.1 Å². The number of rotatable bonds is 10. The maximum Gasteiger partial charge on any atom is 0.284 e. The van der Waals surface area contributed by atoms with Crippen molar-refractivity contribution in [1.82, 2.24) is 10.3 Å². The third-order valence-corrected chi connectivity index (χ3v) is 7.59. The van der Waals surface area contributed by atoms with E-state index in [9.17, 15) is 14.9 Å². The van der Waals surface area contributed by atoms with Crippen LogP contribution in [-0.2, 0) is 12.8 Å². The molecule has 0 bridgehead atoms. The summed E-state index contributed by atoms with van der Waals surface area (Å²) in [4.78, 5) is 27.1. The van der Waals surface area contributed by atoms with Crippen LogP contribution < -0.4 is 10.1 Å². The molecule has 1 atom stereocenters. The lowest BCUT2D eigenvalue weighted by Crippen LogP contribution is -2.29. The number of hydrogen-bond donors (Lipinski definition) is 2. The summed E-state index contributed by atoms with van der Waals surface area (Å²) in [6, 6.07) is 20.5. The number of Topliss-reactive ketones (excluding diaryl/α,β-unsaturated/α-hetero) is 1. The average Bonchev–Trinajstić information content (AvgIpc) is 3.29. The highest BCUT2D eigenvalue weighted by Crippen LogP contribution is 2.31. The number of hydrogen-bond acceptors (Lipinski definition) is 5. The Morgan fingerprint density at radius 3 is 2.70 bits per heavy atom. The zero-order valence-corrected chi connectivity index (χ0v) is 21.9. The number of ketones is 1. The smallest absolute Gasteiger partial charge is 0.284 e. The number of fused-ring (bicyclic) bond motifs is 3. The first-order chi connectivity index (χ1) is 18.0. The Hall–Kier alpha value is -3.49. The summed E-state index contributed by atoms with van der Waals surface area (Å²) in [6.07, 6.45) is 5.37. The lowest BCUT2D eigenvalue weighted by atomic mass is 9.96. The van der Waals surface area contributed by atoms with Crippen molar-refractivity contribution in [2.75, 3.05) is 13.2 Å². The molecule has 0 spiro atoms. The van der Waals surface area contributed by atoms with E-state index in [1.54, 1.807) is 6.07 Å². The highest BCUT2D eigenvalue weighted by atomic mass is 79.9. The van der Waals surface area contributed by atoms with Crippen LogP contribution in [0.5, 0.6) is 5.75 Å². The number of nitrogens with one attached hydrogen (secondary N) is 2. The van der Waals surface area contributed by atoms with Gasteiger partial charge in [0.05, 0.1) is 22.5 Å². The summed E-state index contributed by atoms with van der Waals surface area (Å²) in [5.74, 6) is 0.606. The van der Waals surface area contributed by atoms with Gasteiger partial charge in [-0.3, -0.25) is 14.9 Å². The van der Waals surface area contributed by atoms with E-state index in [4.69, 9.17) is 4.74 Å². The van der Waals surface area contributed by atoms with Gasteiger partial charge in [-0.2, -0.15) is 0 Å². The van der Waals surface area contributed by atoms with Gasteiger partial charge in [0, 0.05) is 46.8 Å². The normalized spacial score (nSPS) is 13.8. The highest BCUT2D eigenvalue weighted by molar-refractivity contribution is 9.10. The number of nitrogens with zero attached hydrogens (tertiary/aromatic N) is 1. The second-order valence-electron chi connectivity index (χ2n) is 9.32. The van der Waals surface area contributed by atoms with Crippen molar-refractivity contribution >= 4 is 38.3 Å². The number of carbonyl (C=O) groups excluding carboxylic acids is 1. The number of benzene rings is 3. The predicted molar refractivity (Wildman–Crippen MR) is 147 cm³/mol. The Morgan fingerprint density at radius 1 is 1.08 bits per heavy atom. The van der Waals surface area contributed by atoms with Gasteiger partial charge in [-0.1, -0.05) is 30.3 Å². The maximum atomic E-state index is 12.8. The fourth-order valence-corrected chi connectivity index (χ4v) is 5.38. The van der Waals surface area contributed by atoms with Crippen LogP contribution in [0.15, 0.2) is 71.2 Å². The second-order valence-corrected chi connectivity index (χ2v) is 10.2. The highest BCUT2D eigenvalue weighted by Gasteiger charge is 2.19. The molecular formula is C29H28BrN3O4. The Bertz CT molecular complexity index is 1430. The monoisotopic (exact) mass is 561 g/mol. The molecule has 37 heavy (non-hydrogen) atoms. The van der Waals surface area contributed by atoms with Gasteiger partial charge in [-0.15, -0.1) is 0 Å². The lowest BCUT2D eigenvalue weighted by molar-refractivity contribution is -0.385. The molecule has 0 saturated carbocycles. The van der Waals surface area contributed by atoms with E-state index in [1.165, 1.54) is 41.6 Å². The van der Waals surface area contributed by atoms with E-state index < -0.39 is 4.92 Å². The van der Waals surface area contributed by atoms with E-state index in [1.807, 2.05) is 36.4 Å². The van der Waals surface area contributed by atoms with Crippen LogP contribution in [-0.4, -0.2) is 28.8 Å². The predicted octanol–water partition coefficient (Wildman–Crippen LogP) is 6.70. The summed E-state index contributed by atoms with van der Waals surface area (Å²) >= 11 is 3.16. The van der Waals surface area contributed by atoms with Crippen molar-refractivity contribution in [2.45, 2.75) is 38.1 Å². The molecule has 190 valence electrons. The molecule has 0 radical (unpaired) electrons. The summed E-state index contributed by atoms with van der Waals surface area (Å²) < 4.78 is 6.47. The van der Waals surface area contributed by atoms with Crippen LogP contribution in [0, 0.1) is 10.1 Å². The minimum atomic E-state index is -0.502. The molecule has 4 aromatic rings. The van der Waals surface area contributed by atoms with Crippen LogP contribution in [0.1, 0.15) is 52.5 Å². The van der Waals surface area contributed by atoms with Gasteiger partial charge in [0.1, 0.15) is 5.75 Å². The number of aryl methyl sites for hydroxylation is 2.